The molecule has 2 aromatic rings. The molecule has 2 aliphatic heterocycles. The number of hydrogen-bond donors (Lipinski definition) is 3. The molecular weight excluding hydrogens is 481 g/mol. The standard InChI is InChI=1S/C27H36FN3O6/c1-18-6-3-7-19(14-18)25-20(8-4-9-21(25)28)27(34,37-12-5-11-35-2)24-17-30(10-13-36-24)26(33)31-15-22(29)23(32)16-31/h3-4,6-9,14,22-24,32,34H,5,10-13,15-17,29H2,1-2H3/t22-,23+,24-,27+/m1/s1. The topological polar surface area (TPSA) is 118 Å². The first-order valence-corrected chi connectivity index (χ1v) is 12.5. The molecule has 0 spiro atoms. The van der Waals surface area contributed by atoms with Gasteiger partial charge in [0.05, 0.1) is 25.9 Å². The molecule has 9 nitrogen and oxygen atoms in total. The summed E-state index contributed by atoms with van der Waals surface area (Å²) in [7, 11) is 1.57. The third-order valence-corrected chi connectivity index (χ3v) is 6.90. The fourth-order valence-electron chi connectivity index (χ4n) is 4.92. The molecule has 0 aliphatic carbocycles. The number of benzene rings is 2. The molecule has 4 rings (SSSR count). The summed E-state index contributed by atoms with van der Waals surface area (Å²) < 4.78 is 32.5. The number of hydrogen-bond acceptors (Lipinski definition) is 7. The van der Waals surface area contributed by atoms with Crippen LogP contribution in [0.5, 0.6) is 0 Å². The molecule has 2 fully saturated rings. The Morgan fingerprint density at radius 3 is 2.68 bits per heavy atom. The molecule has 0 unspecified atom stereocenters. The molecule has 4 N–H and O–H groups in total. The highest BCUT2D eigenvalue weighted by molar-refractivity contribution is 5.75. The van der Waals surface area contributed by atoms with Crippen molar-refractivity contribution in [3.05, 3.63) is 59.4 Å². The van der Waals surface area contributed by atoms with Gasteiger partial charge in [-0.25, -0.2) is 9.18 Å². The summed E-state index contributed by atoms with van der Waals surface area (Å²) in [5, 5.41) is 22.1. The summed E-state index contributed by atoms with van der Waals surface area (Å²) in [4.78, 5) is 16.3. The Morgan fingerprint density at radius 1 is 1.19 bits per heavy atom. The first kappa shape index (κ1) is 27.4. The summed E-state index contributed by atoms with van der Waals surface area (Å²) >= 11 is 0. The van der Waals surface area contributed by atoms with Crippen LogP contribution < -0.4 is 5.73 Å². The van der Waals surface area contributed by atoms with E-state index in [2.05, 4.69) is 0 Å². The number of urea groups is 1. The number of rotatable bonds is 8. The average Bonchev–Trinajstić information content (AvgIpc) is 3.23. The Morgan fingerprint density at radius 2 is 1.97 bits per heavy atom. The van der Waals surface area contributed by atoms with E-state index in [0.717, 1.165) is 5.56 Å². The number of carbonyl (C=O) groups is 1. The third kappa shape index (κ3) is 5.95. The predicted octanol–water partition coefficient (Wildman–Crippen LogP) is 1.82. The number of morpholine rings is 1. The Balaban J connectivity index is 1.68. The van der Waals surface area contributed by atoms with Crippen molar-refractivity contribution in [1.82, 2.24) is 9.80 Å². The number of methoxy groups -OCH3 is 1. The maximum Gasteiger partial charge on any atom is 0.320 e. The predicted molar refractivity (Wildman–Crippen MR) is 135 cm³/mol. The number of amides is 2. The third-order valence-electron chi connectivity index (χ3n) is 6.90. The van der Waals surface area contributed by atoms with Crippen molar-refractivity contribution >= 4 is 6.03 Å². The van der Waals surface area contributed by atoms with Gasteiger partial charge in [-0.15, -0.1) is 0 Å². The zero-order valence-electron chi connectivity index (χ0n) is 21.3. The van der Waals surface area contributed by atoms with Crippen LogP contribution in [0.3, 0.4) is 0 Å². The lowest BCUT2D eigenvalue weighted by Gasteiger charge is -2.43. The van der Waals surface area contributed by atoms with Crippen LogP contribution in [0.15, 0.2) is 42.5 Å². The molecule has 2 aliphatic rings. The lowest BCUT2D eigenvalue weighted by atomic mass is 9.89. The van der Waals surface area contributed by atoms with Gasteiger partial charge in [0, 0.05) is 50.5 Å². The smallest absolute Gasteiger partial charge is 0.320 e. The van der Waals surface area contributed by atoms with Crippen LogP contribution >= 0.6 is 0 Å². The van der Waals surface area contributed by atoms with Gasteiger partial charge in [-0.1, -0.05) is 42.0 Å². The van der Waals surface area contributed by atoms with E-state index in [1.54, 1.807) is 24.1 Å². The Hall–Kier alpha value is -2.60. The number of aliphatic hydroxyl groups excluding tert-OH is 1. The highest BCUT2D eigenvalue weighted by Crippen LogP contribution is 2.39. The molecule has 2 heterocycles. The lowest BCUT2D eigenvalue weighted by Crippen LogP contribution is -2.57. The molecule has 2 aromatic carbocycles. The average molecular weight is 518 g/mol. The SMILES string of the molecule is COCCCO[C@@](O)(c1cccc(F)c1-c1cccc(C)c1)[C@H]1CN(C(=O)N2C[C@@H](N)[C@@H](O)C2)CCO1. The first-order chi connectivity index (χ1) is 17.7. The van der Waals surface area contributed by atoms with E-state index >= 15 is 4.39 Å². The molecule has 2 amide bonds. The van der Waals surface area contributed by atoms with E-state index in [1.807, 2.05) is 25.1 Å². The van der Waals surface area contributed by atoms with Gasteiger partial charge in [-0.2, -0.15) is 0 Å². The van der Waals surface area contributed by atoms with Crippen LogP contribution in [0.4, 0.5) is 9.18 Å². The quantitative estimate of drug-likeness (QED) is 0.361. The molecule has 0 saturated carbocycles. The fraction of sp³-hybridized carbons (Fsp3) is 0.519. The molecule has 202 valence electrons. The number of nitrogens with zero attached hydrogens (tertiary/aromatic N) is 2. The van der Waals surface area contributed by atoms with Gasteiger partial charge in [0.15, 0.2) is 0 Å². The molecular formula is C27H36FN3O6. The minimum atomic E-state index is -2.06. The van der Waals surface area contributed by atoms with E-state index in [9.17, 15) is 15.0 Å². The molecule has 0 aromatic heterocycles. The van der Waals surface area contributed by atoms with Crippen molar-refractivity contribution < 1.29 is 33.6 Å². The van der Waals surface area contributed by atoms with Crippen LogP contribution in [-0.4, -0.2) is 97.4 Å². The summed E-state index contributed by atoms with van der Waals surface area (Å²) in [5.41, 5.74) is 7.85. The number of ether oxygens (including phenoxy) is 3. The van der Waals surface area contributed by atoms with E-state index in [4.69, 9.17) is 19.9 Å². The van der Waals surface area contributed by atoms with Gasteiger partial charge in [-0.3, -0.25) is 0 Å². The van der Waals surface area contributed by atoms with Gasteiger partial charge >= 0.3 is 6.03 Å². The highest BCUT2D eigenvalue weighted by Gasteiger charge is 2.47. The van der Waals surface area contributed by atoms with E-state index in [-0.39, 0.29) is 50.0 Å². The Bertz CT molecular complexity index is 1080. The second kappa shape index (κ2) is 11.8. The van der Waals surface area contributed by atoms with Gasteiger partial charge in [-0.05, 0) is 25.0 Å². The first-order valence-electron chi connectivity index (χ1n) is 12.5. The minimum Gasteiger partial charge on any atom is -0.390 e. The number of aryl methyl sites for hydroxylation is 1. The summed E-state index contributed by atoms with van der Waals surface area (Å²) in [6.07, 6.45) is -1.29. The van der Waals surface area contributed by atoms with Gasteiger partial charge in [0.1, 0.15) is 11.9 Å². The monoisotopic (exact) mass is 517 g/mol. The van der Waals surface area contributed by atoms with Crippen molar-refractivity contribution in [3.8, 4) is 11.1 Å². The van der Waals surface area contributed by atoms with Gasteiger partial charge in [0.25, 0.3) is 0 Å². The van der Waals surface area contributed by atoms with Crippen LogP contribution in [-0.2, 0) is 20.0 Å². The molecule has 2 saturated heterocycles. The van der Waals surface area contributed by atoms with E-state index < -0.39 is 29.9 Å². The normalized spacial score (nSPS) is 23.8. The maximum absolute atomic E-state index is 15.4. The zero-order chi connectivity index (χ0) is 26.6. The summed E-state index contributed by atoms with van der Waals surface area (Å²) in [6, 6.07) is 11.0. The highest BCUT2D eigenvalue weighted by atomic mass is 19.1. The number of aliphatic hydroxyl groups is 2. The second-order valence-electron chi connectivity index (χ2n) is 9.65. The minimum absolute atomic E-state index is 0.00517. The van der Waals surface area contributed by atoms with Crippen LogP contribution in [0.2, 0.25) is 0 Å². The maximum atomic E-state index is 15.4. The van der Waals surface area contributed by atoms with Crippen molar-refractivity contribution in [2.24, 2.45) is 5.73 Å². The second-order valence-corrected chi connectivity index (χ2v) is 9.65. The van der Waals surface area contributed by atoms with E-state index in [1.165, 1.54) is 17.0 Å². The summed E-state index contributed by atoms with van der Waals surface area (Å²) in [5.74, 6) is -2.57. The molecule has 10 heteroatoms. The van der Waals surface area contributed by atoms with Crippen LogP contribution in [0.1, 0.15) is 17.5 Å². The Labute approximate surface area is 216 Å². The molecule has 37 heavy (non-hydrogen) atoms. The van der Waals surface area contributed by atoms with Gasteiger partial charge < -0.3 is 40.0 Å². The van der Waals surface area contributed by atoms with Crippen molar-refractivity contribution in [2.75, 3.05) is 53.1 Å². The Kier molecular flexibility index (Phi) is 8.79. The number of carbonyl (C=O) groups excluding carboxylic acids is 1. The summed E-state index contributed by atoms with van der Waals surface area (Å²) in [6.45, 7) is 3.27. The van der Waals surface area contributed by atoms with Crippen molar-refractivity contribution in [2.45, 2.75) is 37.4 Å². The van der Waals surface area contributed by atoms with Crippen LogP contribution in [0.25, 0.3) is 11.1 Å². The van der Waals surface area contributed by atoms with Crippen molar-refractivity contribution in [1.29, 1.82) is 0 Å². The number of likely N-dealkylation sites (tertiary alicyclic amines) is 1. The molecule has 4 atom stereocenters. The number of halogens is 1. The lowest BCUT2D eigenvalue weighted by molar-refractivity contribution is -0.286. The van der Waals surface area contributed by atoms with Crippen molar-refractivity contribution in [3.63, 3.8) is 0 Å². The fourth-order valence-corrected chi connectivity index (χ4v) is 4.92. The number of nitrogens with two attached hydrogens (primary N) is 1. The number of β-amino-alcohol motifs (C(OH)–C–C–N with tert-alkyl or cyclic N) is 1. The zero-order valence-corrected chi connectivity index (χ0v) is 21.3. The van der Waals surface area contributed by atoms with E-state index in [0.29, 0.717) is 25.1 Å². The molecule has 0 bridgehead atoms. The van der Waals surface area contributed by atoms with Gasteiger partial charge in [0.2, 0.25) is 5.79 Å². The largest absolute Gasteiger partial charge is 0.390 e. The molecule has 0 radical (unpaired) electrons. The van der Waals surface area contributed by atoms with Crippen LogP contribution in [0, 0.1) is 12.7 Å².